The van der Waals surface area contributed by atoms with E-state index >= 15 is 0 Å². The van der Waals surface area contributed by atoms with Crippen molar-refractivity contribution in [3.63, 3.8) is 0 Å². The van der Waals surface area contributed by atoms with Crippen molar-refractivity contribution < 1.29 is 13.2 Å². The van der Waals surface area contributed by atoms with Crippen LogP contribution in [-0.2, 0) is 12.7 Å². The van der Waals surface area contributed by atoms with E-state index < -0.39 is 11.9 Å². The number of nitrogens with zero attached hydrogens (tertiary/aromatic N) is 2. The van der Waals surface area contributed by atoms with Crippen molar-refractivity contribution in [3.05, 3.63) is 47.5 Å². The number of pyridine rings is 2. The summed E-state index contributed by atoms with van der Waals surface area (Å²) in [5, 5.41) is 0. The van der Waals surface area contributed by atoms with Gasteiger partial charge in [0.05, 0.1) is 5.69 Å². The van der Waals surface area contributed by atoms with Gasteiger partial charge >= 0.3 is 6.18 Å². The zero-order valence-corrected chi connectivity index (χ0v) is 10.2. The van der Waals surface area contributed by atoms with Crippen molar-refractivity contribution in [3.8, 4) is 11.1 Å². The zero-order valence-electron chi connectivity index (χ0n) is 10.2. The summed E-state index contributed by atoms with van der Waals surface area (Å²) in [6, 6.07) is 4.32. The molecule has 3 nitrogen and oxygen atoms in total. The lowest BCUT2D eigenvalue weighted by Gasteiger charge is -2.10. The average molecular weight is 267 g/mol. The van der Waals surface area contributed by atoms with E-state index in [9.17, 15) is 13.2 Å². The van der Waals surface area contributed by atoms with Crippen molar-refractivity contribution in [2.75, 3.05) is 0 Å². The first-order valence-corrected chi connectivity index (χ1v) is 5.61. The Morgan fingerprint density at radius 2 is 1.95 bits per heavy atom. The van der Waals surface area contributed by atoms with Gasteiger partial charge in [0, 0.05) is 24.5 Å². The quantitative estimate of drug-likeness (QED) is 0.910. The molecule has 0 fully saturated rings. The van der Waals surface area contributed by atoms with Crippen molar-refractivity contribution in [2.45, 2.75) is 19.6 Å². The molecule has 0 unspecified atom stereocenters. The molecule has 0 bridgehead atoms. The third-order valence-electron chi connectivity index (χ3n) is 2.74. The second-order valence-corrected chi connectivity index (χ2v) is 4.12. The molecule has 19 heavy (non-hydrogen) atoms. The van der Waals surface area contributed by atoms with E-state index in [0.717, 1.165) is 17.8 Å². The molecule has 0 saturated heterocycles. The average Bonchev–Trinajstić information content (AvgIpc) is 2.37. The van der Waals surface area contributed by atoms with Gasteiger partial charge in [0.2, 0.25) is 0 Å². The standard InChI is InChI=1S/C13H12F3N3/c1-8-4-10(6-17)19-7-11(8)9-2-3-18-12(5-9)13(14,15)16/h2-5,7H,6,17H2,1H3. The van der Waals surface area contributed by atoms with Crippen molar-refractivity contribution in [1.82, 2.24) is 9.97 Å². The normalized spacial score (nSPS) is 11.6. The number of hydrogen-bond donors (Lipinski definition) is 1. The van der Waals surface area contributed by atoms with Gasteiger partial charge in [-0.2, -0.15) is 13.2 Å². The highest BCUT2D eigenvalue weighted by Gasteiger charge is 2.32. The minimum Gasteiger partial charge on any atom is -0.325 e. The minimum absolute atomic E-state index is 0.297. The van der Waals surface area contributed by atoms with E-state index in [1.165, 1.54) is 12.3 Å². The van der Waals surface area contributed by atoms with Crippen LogP contribution in [0.25, 0.3) is 11.1 Å². The molecule has 0 aliphatic heterocycles. The summed E-state index contributed by atoms with van der Waals surface area (Å²) in [6.45, 7) is 2.11. The Morgan fingerprint density at radius 3 is 2.53 bits per heavy atom. The smallest absolute Gasteiger partial charge is 0.325 e. The number of alkyl halides is 3. The number of hydrogen-bond acceptors (Lipinski definition) is 3. The van der Waals surface area contributed by atoms with Gasteiger partial charge in [-0.05, 0) is 36.2 Å². The molecule has 0 aromatic carbocycles. The summed E-state index contributed by atoms with van der Waals surface area (Å²) in [5.74, 6) is 0. The Hall–Kier alpha value is -1.95. The molecule has 0 spiro atoms. The van der Waals surface area contributed by atoms with Crippen molar-refractivity contribution in [1.29, 1.82) is 0 Å². The molecule has 0 aliphatic carbocycles. The van der Waals surface area contributed by atoms with E-state index in [0.29, 0.717) is 23.4 Å². The maximum atomic E-state index is 12.6. The topological polar surface area (TPSA) is 51.8 Å². The fourth-order valence-electron chi connectivity index (χ4n) is 1.78. The Kier molecular flexibility index (Phi) is 3.53. The molecule has 0 aliphatic rings. The minimum atomic E-state index is -4.45. The first-order valence-electron chi connectivity index (χ1n) is 5.61. The van der Waals surface area contributed by atoms with E-state index in [2.05, 4.69) is 9.97 Å². The summed E-state index contributed by atoms with van der Waals surface area (Å²) in [4.78, 5) is 7.43. The molecule has 2 heterocycles. The molecule has 2 N–H and O–H groups in total. The second kappa shape index (κ2) is 4.97. The van der Waals surface area contributed by atoms with Crippen LogP contribution in [-0.4, -0.2) is 9.97 Å². The van der Waals surface area contributed by atoms with Crippen LogP contribution in [0.4, 0.5) is 13.2 Å². The molecule has 0 amide bonds. The second-order valence-electron chi connectivity index (χ2n) is 4.12. The molecule has 0 atom stereocenters. The lowest BCUT2D eigenvalue weighted by molar-refractivity contribution is -0.141. The lowest BCUT2D eigenvalue weighted by Crippen LogP contribution is -2.07. The summed E-state index contributed by atoms with van der Waals surface area (Å²) in [7, 11) is 0. The maximum Gasteiger partial charge on any atom is 0.433 e. The van der Waals surface area contributed by atoms with Crippen LogP contribution in [0.15, 0.2) is 30.6 Å². The molecule has 0 saturated carbocycles. The Balaban J connectivity index is 2.48. The van der Waals surface area contributed by atoms with Gasteiger partial charge < -0.3 is 5.73 Å². The van der Waals surface area contributed by atoms with Crippen LogP contribution >= 0.6 is 0 Å². The number of nitrogens with two attached hydrogens (primary N) is 1. The zero-order chi connectivity index (χ0) is 14.0. The maximum absolute atomic E-state index is 12.6. The third-order valence-corrected chi connectivity index (χ3v) is 2.74. The summed E-state index contributed by atoms with van der Waals surface area (Å²) in [6.07, 6.45) is -1.77. The van der Waals surface area contributed by atoms with Gasteiger partial charge in [-0.25, -0.2) is 0 Å². The fourth-order valence-corrected chi connectivity index (χ4v) is 1.78. The highest BCUT2D eigenvalue weighted by atomic mass is 19.4. The Labute approximate surface area is 108 Å². The monoisotopic (exact) mass is 267 g/mol. The number of rotatable bonds is 2. The van der Waals surface area contributed by atoms with Gasteiger partial charge in [-0.15, -0.1) is 0 Å². The highest BCUT2D eigenvalue weighted by Crippen LogP contribution is 2.31. The largest absolute Gasteiger partial charge is 0.433 e. The van der Waals surface area contributed by atoms with Crippen LogP contribution in [0.3, 0.4) is 0 Å². The number of aromatic nitrogens is 2. The summed E-state index contributed by atoms with van der Waals surface area (Å²) in [5.41, 5.74) is 7.17. The number of halogens is 3. The lowest BCUT2D eigenvalue weighted by atomic mass is 10.0. The van der Waals surface area contributed by atoms with E-state index in [4.69, 9.17) is 5.73 Å². The summed E-state index contributed by atoms with van der Waals surface area (Å²) >= 11 is 0. The van der Waals surface area contributed by atoms with Gasteiger partial charge in [-0.3, -0.25) is 9.97 Å². The highest BCUT2D eigenvalue weighted by molar-refractivity contribution is 5.66. The molecule has 6 heteroatoms. The van der Waals surface area contributed by atoms with Crippen LogP contribution in [0.5, 0.6) is 0 Å². The Bertz CT molecular complexity index is 594. The predicted molar refractivity (Wildman–Crippen MR) is 65.1 cm³/mol. The summed E-state index contributed by atoms with van der Waals surface area (Å²) < 4.78 is 37.8. The first kappa shape index (κ1) is 13.5. The molecular formula is C13H12F3N3. The number of aryl methyl sites for hydroxylation is 1. The first-order chi connectivity index (χ1) is 8.91. The van der Waals surface area contributed by atoms with Crippen LogP contribution < -0.4 is 5.73 Å². The molecule has 2 aromatic heterocycles. The van der Waals surface area contributed by atoms with Crippen LogP contribution in [0.1, 0.15) is 17.0 Å². The molecule has 100 valence electrons. The molecule has 2 rings (SSSR count). The van der Waals surface area contributed by atoms with Crippen LogP contribution in [0, 0.1) is 6.92 Å². The van der Waals surface area contributed by atoms with E-state index in [1.807, 2.05) is 6.92 Å². The molecule has 2 aromatic rings. The van der Waals surface area contributed by atoms with Gasteiger partial charge in [0.15, 0.2) is 0 Å². The van der Waals surface area contributed by atoms with E-state index in [-0.39, 0.29) is 0 Å². The fraction of sp³-hybridized carbons (Fsp3) is 0.231. The predicted octanol–water partition coefficient (Wildman–Crippen LogP) is 2.93. The molecular weight excluding hydrogens is 255 g/mol. The third kappa shape index (κ3) is 2.90. The van der Waals surface area contributed by atoms with Gasteiger partial charge in [0.1, 0.15) is 5.69 Å². The SMILES string of the molecule is Cc1cc(CN)ncc1-c1ccnc(C(F)(F)F)c1. The van der Waals surface area contributed by atoms with Gasteiger partial charge in [0.25, 0.3) is 0 Å². The van der Waals surface area contributed by atoms with Crippen molar-refractivity contribution in [2.24, 2.45) is 5.73 Å². The Morgan fingerprint density at radius 1 is 1.21 bits per heavy atom. The van der Waals surface area contributed by atoms with Crippen LogP contribution in [0.2, 0.25) is 0 Å². The van der Waals surface area contributed by atoms with Gasteiger partial charge in [-0.1, -0.05) is 0 Å². The molecule has 0 radical (unpaired) electrons. The van der Waals surface area contributed by atoms with E-state index in [1.54, 1.807) is 6.07 Å². The van der Waals surface area contributed by atoms with Crippen molar-refractivity contribution >= 4 is 0 Å².